The lowest BCUT2D eigenvalue weighted by atomic mass is 9.97. The van der Waals surface area contributed by atoms with E-state index in [0.717, 1.165) is 17.9 Å². The molecule has 1 rings (SSSR count). The van der Waals surface area contributed by atoms with Gasteiger partial charge in [-0.2, -0.15) is 0 Å². The fourth-order valence-corrected chi connectivity index (χ4v) is 1.11. The molecule has 1 heterocycles. The molecule has 0 radical (unpaired) electrons. The predicted octanol–water partition coefficient (Wildman–Crippen LogP) is 3.16. The van der Waals surface area contributed by atoms with Crippen molar-refractivity contribution in [3.63, 3.8) is 0 Å². The average Bonchev–Trinajstić information content (AvgIpc) is 2.06. The number of nitrogens with zero attached hydrogens (tertiary/aromatic N) is 1. The van der Waals surface area contributed by atoms with E-state index in [0.29, 0.717) is 5.41 Å². The second-order valence-electron chi connectivity index (χ2n) is 5.04. The Kier molecular flexibility index (Phi) is 3.14. The van der Waals surface area contributed by atoms with Crippen LogP contribution in [0.1, 0.15) is 32.0 Å². The Morgan fingerprint density at radius 1 is 1.29 bits per heavy atom. The molecule has 0 unspecified atom stereocenters. The van der Waals surface area contributed by atoms with Crippen LogP contribution in [0.25, 0.3) is 0 Å². The summed E-state index contributed by atoms with van der Waals surface area (Å²) in [5, 5.41) is 3.39. The lowest BCUT2D eigenvalue weighted by molar-refractivity contribution is 0.443. The zero-order valence-corrected chi connectivity index (χ0v) is 9.81. The lowest BCUT2D eigenvalue weighted by Crippen LogP contribution is -2.19. The maximum absolute atomic E-state index is 4.32. The summed E-state index contributed by atoms with van der Waals surface area (Å²) in [5.74, 6) is 0. The number of nitrogens with one attached hydrogen (secondary N) is 1. The van der Waals surface area contributed by atoms with Gasteiger partial charge in [-0.05, 0) is 30.9 Å². The average molecular weight is 192 g/mol. The minimum Gasteiger partial charge on any atom is -0.383 e. The van der Waals surface area contributed by atoms with Crippen LogP contribution in [0, 0.1) is 19.3 Å². The van der Waals surface area contributed by atoms with E-state index in [9.17, 15) is 0 Å². The van der Waals surface area contributed by atoms with E-state index in [1.54, 1.807) is 0 Å². The van der Waals surface area contributed by atoms with E-state index in [2.05, 4.69) is 44.1 Å². The highest BCUT2D eigenvalue weighted by molar-refractivity contribution is 5.44. The van der Waals surface area contributed by atoms with Crippen LogP contribution in [0.4, 0.5) is 5.69 Å². The van der Waals surface area contributed by atoms with Crippen LogP contribution in [0.15, 0.2) is 12.3 Å². The van der Waals surface area contributed by atoms with Crippen molar-refractivity contribution in [2.24, 2.45) is 5.41 Å². The van der Waals surface area contributed by atoms with Crippen LogP contribution in [-0.4, -0.2) is 11.5 Å². The summed E-state index contributed by atoms with van der Waals surface area (Å²) in [7, 11) is 0. The van der Waals surface area contributed by atoms with E-state index < -0.39 is 0 Å². The van der Waals surface area contributed by atoms with Crippen LogP contribution >= 0.6 is 0 Å². The van der Waals surface area contributed by atoms with E-state index >= 15 is 0 Å². The SMILES string of the molecule is Cc1cc(NCC(C)(C)C)cnc1C. The van der Waals surface area contributed by atoms with Crippen LogP contribution < -0.4 is 5.32 Å². The van der Waals surface area contributed by atoms with Crippen LogP contribution in [0.5, 0.6) is 0 Å². The first-order chi connectivity index (χ1) is 6.38. The summed E-state index contributed by atoms with van der Waals surface area (Å²) in [6.45, 7) is 11.7. The van der Waals surface area contributed by atoms with Gasteiger partial charge in [0.15, 0.2) is 0 Å². The van der Waals surface area contributed by atoms with E-state index in [-0.39, 0.29) is 0 Å². The van der Waals surface area contributed by atoms with Crippen molar-refractivity contribution in [3.8, 4) is 0 Å². The molecule has 2 nitrogen and oxygen atoms in total. The summed E-state index contributed by atoms with van der Waals surface area (Å²) in [5.41, 5.74) is 3.76. The Bertz CT molecular complexity index is 311. The minimum atomic E-state index is 0.304. The number of hydrogen-bond donors (Lipinski definition) is 1. The fraction of sp³-hybridized carbons (Fsp3) is 0.583. The standard InChI is InChI=1S/C12H20N2/c1-9-6-11(7-13-10(9)2)14-8-12(3,4)5/h6-7,14H,8H2,1-5H3. The largest absolute Gasteiger partial charge is 0.383 e. The number of rotatable bonds is 2. The lowest BCUT2D eigenvalue weighted by Gasteiger charge is -2.19. The first-order valence-corrected chi connectivity index (χ1v) is 5.05. The number of aryl methyl sites for hydroxylation is 2. The molecule has 0 spiro atoms. The Morgan fingerprint density at radius 2 is 1.93 bits per heavy atom. The molecular formula is C12H20N2. The second-order valence-corrected chi connectivity index (χ2v) is 5.04. The minimum absolute atomic E-state index is 0.304. The van der Waals surface area contributed by atoms with Crippen LogP contribution in [0.3, 0.4) is 0 Å². The Balaban J connectivity index is 2.65. The highest BCUT2D eigenvalue weighted by Crippen LogP contribution is 2.16. The molecule has 0 aromatic carbocycles. The molecule has 0 saturated heterocycles. The zero-order valence-electron chi connectivity index (χ0n) is 9.81. The number of pyridine rings is 1. The fourth-order valence-electron chi connectivity index (χ4n) is 1.11. The van der Waals surface area contributed by atoms with Gasteiger partial charge in [-0.25, -0.2) is 0 Å². The molecule has 0 aliphatic rings. The summed E-state index contributed by atoms with van der Waals surface area (Å²) in [6, 6.07) is 2.15. The van der Waals surface area contributed by atoms with Gasteiger partial charge in [-0.15, -0.1) is 0 Å². The summed E-state index contributed by atoms with van der Waals surface area (Å²) in [6.07, 6.45) is 1.90. The highest BCUT2D eigenvalue weighted by Gasteiger charge is 2.09. The highest BCUT2D eigenvalue weighted by atomic mass is 14.9. The van der Waals surface area contributed by atoms with Gasteiger partial charge in [-0.1, -0.05) is 20.8 Å². The normalized spacial score (nSPS) is 11.5. The second kappa shape index (κ2) is 3.99. The molecule has 0 amide bonds. The Labute approximate surface area is 86.8 Å². The van der Waals surface area contributed by atoms with Crippen molar-refractivity contribution in [1.82, 2.24) is 4.98 Å². The van der Waals surface area contributed by atoms with Gasteiger partial charge >= 0.3 is 0 Å². The zero-order chi connectivity index (χ0) is 10.8. The van der Waals surface area contributed by atoms with Crippen molar-refractivity contribution in [1.29, 1.82) is 0 Å². The summed E-state index contributed by atoms with van der Waals surface area (Å²) < 4.78 is 0. The predicted molar refractivity (Wildman–Crippen MR) is 61.7 cm³/mol. The molecule has 0 saturated carbocycles. The molecule has 78 valence electrons. The van der Waals surface area contributed by atoms with Gasteiger partial charge in [0.05, 0.1) is 11.9 Å². The van der Waals surface area contributed by atoms with Gasteiger partial charge in [-0.3, -0.25) is 4.98 Å². The molecule has 0 bridgehead atoms. The first kappa shape index (κ1) is 11.0. The molecule has 0 fully saturated rings. The third-order valence-corrected chi connectivity index (χ3v) is 2.16. The molecule has 0 aliphatic heterocycles. The topological polar surface area (TPSA) is 24.9 Å². The number of aromatic nitrogens is 1. The molecule has 1 N–H and O–H groups in total. The van der Waals surface area contributed by atoms with Crippen molar-refractivity contribution >= 4 is 5.69 Å². The molecule has 1 aromatic rings. The van der Waals surface area contributed by atoms with E-state index in [1.807, 2.05) is 13.1 Å². The third-order valence-electron chi connectivity index (χ3n) is 2.16. The Hall–Kier alpha value is -1.05. The summed E-state index contributed by atoms with van der Waals surface area (Å²) in [4.78, 5) is 4.32. The van der Waals surface area contributed by atoms with Gasteiger partial charge in [0.25, 0.3) is 0 Å². The van der Waals surface area contributed by atoms with Crippen molar-refractivity contribution in [2.75, 3.05) is 11.9 Å². The molecule has 14 heavy (non-hydrogen) atoms. The quantitative estimate of drug-likeness (QED) is 0.778. The maximum Gasteiger partial charge on any atom is 0.0529 e. The number of hydrogen-bond acceptors (Lipinski definition) is 2. The monoisotopic (exact) mass is 192 g/mol. The molecule has 1 aromatic heterocycles. The molecule has 2 heteroatoms. The van der Waals surface area contributed by atoms with Crippen molar-refractivity contribution < 1.29 is 0 Å². The van der Waals surface area contributed by atoms with Gasteiger partial charge < -0.3 is 5.32 Å². The van der Waals surface area contributed by atoms with Gasteiger partial charge in [0.1, 0.15) is 0 Å². The van der Waals surface area contributed by atoms with Gasteiger partial charge in [0.2, 0.25) is 0 Å². The van der Waals surface area contributed by atoms with Crippen molar-refractivity contribution in [2.45, 2.75) is 34.6 Å². The van der Waals surface area contributed by atoms with Crippen LogP contribution in [-0.2, 0) is 0 Å². The molecule has 0 aliphatic carbocycles. The smallest absolute Gasteiger partial charge is 0.0529 e. The first-order valence-electron chi connectivity index (χ1n) is 5.05. The maximum atomic E-state index is 4.32. The van der Waals surface area contributed by atoms with Gasteiger partial charge in [0, 0.05) is 12.2 Å². The van der Waals surface area contributed by atoms with E-state index in [4.69, 9.17) is 0 Å². The molecular weight excluding hydrogens is 172 g/mol. The third kappa shape index (κ3) is 3.36. The molecule has 0 atom stereocenters. The summed E-state index contributed by atoms with van der Waals surface area (Å²) >= 11 is 0. The van der Waals surface area contributed by atoms with E-state index in [1.165, 1.54) is 5.56 Å². The van der Waals surface area contributed by atoms with Crippen molar-refractivity contribution in [3.05, 3.63) is 23.5 Å². The number of anilines is 1. The van der Waals surface area contributed by atoms with Crippen LogP contribution in [0.2, 0.25) is 0 Å². The Morgan fingerprint density at radius 3 is 2.43 bits per heavy atom.